The Labute approximate surface area is 78.4 Å². The monoisotopic (exact) mass is 184 g/mol. The third kappa shape index (κ3) is 3.59. The second-order valence-electron chi connectivity index (χ2n) is 3.65. The molecule has 0 spiro atoms. The van der Waals surface area contributed by atoms with E-state index in [-0.39, 0.29) is 11.8 Å². The van der Waals surface area contributed by atoms with Gasteiger partial charge in [-0.05, 0) is 19.8 Å². The zero-order valence-electron chi connectivity index (χ0n) is 7.95. The first-order valence-corrected chi connectivity index (χ1v) is 4.59. The van der Waals surface area contributed by atoms with E-state index >= 15 is 0 Å². The number of hydrogen-bond acceptors (Lipinski definition) is 2. The summed E-state index contributed by atoms with van der Waals surface area (Å²) in [6.07, 6.45) is 6.10. The van der Waals surface area contributed by atoms with E-state index in [4.69, 9.17) is 9.84 Å². The molecule has 1 fully saturated rings. The van der Waals surface area contributed by atoms with Gasteiger partial charge in [0.1, 0.15) is 0 Å². The Morgan fingerprint density at radius 3 is 2.77 bits per heavy atom. The Kier molecular flexibility index (Phi) is 3.48. The van der Waals surface area contributed by atoms with Gasteiger partial charge in [-0.3, -0.25) is 4.79 Å². The molecule has 3 nitrogen and oxygen atoms in total. The molecule has 74 valence electrons. The van der Waals surface area contributed by atoms with Gasteiger partial charge in [0.15, 0.2) is 0 Å². The summed E-state index contributed by atoms with van der Waals surface area (Å²) in [6, 6.07) is 0. The molecule has 13 heavy (non-hydrogen) atoms. The summed E-state index contributed by atoms with van der Waals surface area (Å²) >= 11 is 0. The second-order valence-corrected chi connectivity index (χ2v) is 3.65. The highest BCUT2D eigenvalue weighted by molar-refractivity contribution is 5.68. The Morgan fingerprint density at radius 1 is 1.62 bits per heavy atom. The van der Waals surface area contributed by atoms with E-state index in [1.807, 2.05) is 19.1 Å². The number of ether oxygens (including phenoxy) is 1. The van der Waals surface area contributed by atoms with Crippen molar-refractivity contribution < 1.29 is 14.6 Å². The fourth-order valence-electron chi connectivity index (χ4n) is 1.31. The number of carbonyl (C=O) groups is 1. The van der Waals surface area contributed by atoms with Crippen LogP contribution in [-0.2, 0) is 9.53 Å². The lowest BCUT2D eigenvalue weighted by Crippen LogP contribution is -2.15. The summed E-state index contributed by atoms with van der Waals surface area (Å²) in [5, 5.41) is 8.62. The Hall–Kier alpha value is -0.830. The average molecular weight is 184 g/mol. The van der Waals surface area contributed by atoms with Crippen LogP contribution in [0.1, 0.15) is 26.2 Å². The first-order valence-electron chi connectivity index (χ1n) is 4.59. The van der Waals surface area contributed by atoms with Crippen molar-refractivity contribution >= 4 is 5.97 Å². The minimum atomic E-state index is -0.716. The zero-order chi connectivity index (χ0) is 9.73. The van der Waals surface area contributed by atoms with E-state index in [1.165, 1.54) is 0 Å². The molecular formula is C10H16O3. The van der Waals surface area contributed by atoms with Crippen LogP contribution in [0.4, 0.5) is 0 Å². The summed E-state index contributed by atoms with van der Waals surface area (Å²) in [7, 11) is 0. The molecule has 0 saturated heterocycles. The Morgan fingerprint density at radius 2 is 2.31 bits per heavy atom. The van der Waals surface area contributed by atoms with Gasteiger partial charge in [-0.25, -0.2) is 0 Å². The van der Waals surface area contributed by atoms with Crippen molar-refractivity contribution in [2.75, 3.05) is 13.2 Å². The second kappa shape index (κ2) is 4.42. The normalized spacial score (nSPS) is 19.2. The smallest absolute Gasteiger partial charge is 0.303 e. The predicted molar refractivity (Wildman–Crippen MR) is 49.6 cm³/mol. The van der Waals surface area contributed by atoms with Gasteiger partial charge in [0.25, 0.3) is 0 Å². The minimum Gasteiger partial charge on any atom is -0.481 e. The molecule has 1 rings (SSSR count). The molecule has 0 unspecified atom stereocenters. The van der Waals surface area contributed by atoms with Crippen LogP contribution in [0.15, 0.2) is 12.2 Å². The average Bonchev–Trinajstić information content (AvgIpc) is 2.78. The maximum Gasteiger partial charge on any atom is 0.303 e. The lowest BCUT2D eigenvalue weighted by Gasteiger charge is -2.11. The SMILES string of the molecule is CC=CCOCC1(CC(=O)O)CC1. The molecule has 0 atom stereocenters. The van der Waals surface area contributed by atoms with E-state index in [0.717, 1.165) is 12.8 Å². The van der Waals surface area contributed by atoms with Crippen molar-refractivity contribution in [2.24, 2.45) is 5.41 Å². The van der Waals surface area contributed by atoms with Gasteiger partial charge < -0.3 is 9.84 Å². The predicted octanol–water partition coefficient (Wildman–Crippen LogP) is 1.83. The van der Waals surface area contributed by atoms with E-state index in [2.05, 4.69) is 0 Å². The van der Waals surface area contributed by atoms with Gasteiger partial charge in [-0.15, -0.1) is 0 Å². The van der Waals surface area contributed by atoms with Crippen LogP contribution in [0.3, 0.4) is 0 Å². The number of carboxylic acid groups (broad SMARTS) is 1. The fraction of sp³-hybridized carbons (Fsp3) is 0.700. The third-order valence-corrected chi connectivity index (χ3v) is 2.34. The van der Waals surface area contributed by atoms with Crippen molar-refractivity contribution in [3.63, 3.8) is 0 Å². The number of allylic oxidation sites excluding steroid dienone is 1. The highest BCUT2D eigenvalue weighted by atomic mass is 16.5. The molecule has 0 aromatic heterocycles. The van der Waals surface area contributed by atoms with Crippen molar-refractivity contribution in [3.8, 4) is 0 Å². The summed E-state index contributed by atoms with van der Waals surface area (Å²) in [6.45, 7) is 3.12. The molecule has 1 aliphatic rings. The van der Waals surface area contributed by atoms with Gasteiger partial charge in [0.2, 0.25) is 0 Å². The molecule has 1 aliphatic carbocycles. The molecule has 0 amide bonds. The van der Waals surface area contributed by atoms with Crippen LogP contribution >= 0.6 is 0 Å². The highest BCUT2D eigenvalue weighted by Crippen LogP contribution is 2.48. The van der Waals surface area contributed by atoms with Crippen LogP contribution in [0.2, 0.25) is 0 Å². The maximum absolute atomic E-state index is 10.5. The maximum atomic E-state index is 10.5. The summed E-state index contributed by atoms with van der Waals surface area (Å²) in [5.74, 6) is -0.716. The molecular weight excluding hydrogens is 168 g/mol. The molecule has 0 aromatic rings. The van der Waals surface area contributed by atoms with Gasteiger partial charge in [0, 0.05) is 5.41 Å². The van der Waals surface area contributed by atoms with Gasteiger partial charge in [-0.2, -0.15) is 0 Å². The summed E-state index contributed by atoms with van der Waals surface area (Å²) in [5.41, 5.74) is -0.0343. The van der Waals surface area contributed by atoms with E-state index in [0.29, 0.717) is 13.2 Å². The standard InChI is InChI=1S/C10H16O3/c1-2-3-6-13-8-10(4-5-10)7-9(11)12/h2-3H,4-8H2,1H3,(H,11,12). The van der Waals surface area contributed by atoms with Gasteiger partial charge in [0.05, 0.1) is 19.6 Å². The molecule has 0 heterocycles. The number of hydrogen-bond donors (Lipinski definition) is 1. The fourth-order valence-corrected chi connectivity index (χ4v) is 1.31. The van der Waals surface area contributed by atoms with E-state index < -0.39 is 5.97 Å². The topological polar surface area (TPSA) is 46.5 Å². The minimum absolute atomic E-state index is 0.0343. The first kappa shape index (κ1) is 10.3. The Balaban J connectivity index is 2.16. The van der Waals surface area contributed by atoms with Gasteiger partial charge >= 0.3 is 5.97 Å². The van der Waals surface area contributed by atoms with Crippen molar-refractivity contribution in [1.82, 2.24) is 0 Å². The zero-order valence-corrected chi connectivity index (χ0v) is 7.95. The van der Waals surface area contributed by atoms with Crippen molar-refractivity contribution in [3.05, 3.63) is 12.2 Å². The van der Waals surface area contributed by atoms with Crippen LogP contribution < -0.4 is 0 Å². The van der Waals surface area contributed by atoms with Gasteiger partial charge in [-0.1, -0.05) is 12.2 Å². The Bertz CT molecular complexity index is 204. The number of aliphatic carboxylic acids is 1. The molecule has 0 aromatic carbocycles. The van der Waals surface area contributed by atoms with Crippen molar-refractivity contribution in [2.45, 2.75) is 26.2 Å². The highest BCUT2D eigenvalue weighted by Gasteiger charge is 2.44. The molecule has 1 saturated carbocycles. The molecule has 3 heteroatoms. The molecule has 0 aliphatic heterocycles. The first-order chi connectivity index (χ1) is 6.18. The van der Waals surface area contributed by atoms with E-state index in [1.54, 1.807) is 0 Å². The van der Waals surface area contributed by atoms with Crippen LogP contribution in [-0.4, -0.2) is 24.3 Å². The lowest BCUT2D eigenvalue weighted by molar-refractivity contribution is -0.139. The van der Waals surface area contributed by atoms with Crippen LogP contribution in [0.25, 0.3) is 0 Å². The summed E-state index contributed by atoms with van der Waals surface area (Å²) in [4.78, 5) is 10.5. The number of rotatable bonds is 6. The van der Waals surface area contributed by atoms with E-state index in [9.17, 15) is 4.79 Å². The van der Waals surface area contributed by atoms with Crippen LogP contribution in [0.5, 0.6) is 0 Å². The van der Waals surface area contributed by atoms with Crippen molar-refractivity contribution in [1.29, 1.82) is 0 Å². The third-order valence-electron chi connectivity index (χ3n) is 2.34. The lowest BCUT2D eigenvalue weighted by atomic mass is 10.0. The number of carboxylic acids is 1. The molecule has 1 N–H and O–H groups in total. The summed E-state index contributed by atoms with van der Waals surface area (Å²) < 4.78 is 5.35. The van der Waals surface area contributed by atoms with Crippen LogP contribution in [0, 0.1) is 5.41 Å². The molecule has 0 bridgehead atoms. The quantitative estimate of drug-likeness (QED) is 0.506. The molecule has 0 radical (unpaired) electrons. The largest absolute Gasteiger partial charge is 0.481 e.